The Morgan fingerprint density at radius 3 is 2.48 bits per heavy atom. The van der Waals surface area contributed by atoms with Crippen LogP contribution in [0.3, 0.4) is 0 Å². The average molecular weight is 541 g/mol. The van der Waals surface area contributed by atoms with Gasteiger partial charge in [0.2, 0.25) is 0 Å². The lowest BCUT2D eigenvalue weighted by molar-refractivity contribution is 0.369. The number of benzene rings is 2. The number of piperazine rings is 1. The fourth-order valence-corrected chi connectivity index (χ4v) is 3.67. The third-order valence-electron chi connectivity index (χ3n) is 5.14. The van der Waals surface area contributed by atoms with E-state index in [1.165, 1.54) is 6.07 Å². The summed E-state index contributed by atoms with van der Waals surface area (Å²) in [6, 6.07) is 12.7. The second-order valence-electron chi connectivity index (χ2n) is 7.80. The zero-order valence-corrected chi connectivity index (χ0v) is 20.8. The Balaban J connectivity index is 0.00000341. The predicted molar refractivity (Wildman–Crippen MR) is 136 cm³/mol. The minimum atomic E-state index is -0.177. The number of guanidine groups is 1. The highest BCUT2D eigenvalue weighted by atomic mass is 127. The van der Waals surface area contributed by atoms with Crippen molar-refractivity contribution in [3.63, 3.8) is 0 Å². The summed E-state index contributed by atoms with van der Waals surface area (Å²) >= 11 is 0. The van der Waals surface area contributed by atoms with Crippen LogP contribution in [0.5, 0.6) is 5.75 Å². The molecule has 0 saturated carbocycles. The fraction of sp³-hybridized carbons (Fsp3) is 0.435. The molecular weight excluding hydrogens is 508 g/mol. The van der Waals surface area contributed by atoms with E-state index in [2.05, 4.69) is 22.0 Å². The molecule has 2 aromatic carbocycles. The van der Waals surface area contributed by atoms with E-state index in [0.717, 1.165) is 49.9 Å². The molecule has 3 rings (SSSR count). The maximum atomic E-state index is 14.0. The van der Waals surface area contributed by atoms with E-state index in [1.807, 2.05) is 43.3 Å². The van der Waals surface area contributed by atoms with E-state index < -0.39 is 0 Å². The minimum Gasteiger partial charge on any atom is -0.506 e. The molecule has 0 aliphatic carbocycles. The van der Waals surface area contributed by atoms with Crippen LogP contribution in [0.1, 0.15) is 18.1 Å². The molecule has 0 amide bonds. The maximum absolute atomic E-state index is 14.0. The van der Waals surface area contributed by atoms with Crippen LogP contribution in [-0.4, -0.2) is 67.7 Å². The number of nitrogens with one attached hydrogen (secondary N) is 1. The third kappa shape index (κ3) is 6.96. The van der Waals surface area contributed by atoms with Gasteiger partial charge in [0.25, 0.3) is 0 Å². The number of hydrogen-bond acceptors (Lipinski definition) is 4. The van der Waals surface area contributed by atoms with Crippen molar-refractivity contribution in [2.45, 2.75) is 20.0 Å². The lowest BCUT2D eigenvalue weighted by atomic mass is 10.1. The van der Waals surface area contributed by atoms with Crippen LogP contribution < -0.4 is 10.2 Å². The van der Waals surface area contributed by atoms with Crippen molar-refractivity contribution < 1.29 is 9.50 Å². The van der Waals surface area contributed by atoms with Gasteiger partial charge in [0.1, 0.15) is 11.6 Å². The number of aromatic hydroxyl groups is 1. The summed E-state index contributed by atoms with van der Waals surface area (Å²) in [6.45, 7) is 7.16. The maximum Gasteiger partial charge on any atom is 0.194 e. The number of rotatable bonds is 6. The van der Waals surface area contributed by atoms with Gasteiger partial charge in [-0.2, -0.15) is 0 Å². The van der Waals surface area contributed by atoms with Crippen molar-refractivity contribution in [3.05, 3.63) is 59.4 Å². The van der Waals surface area contributed by atoms with Crippen LogP contribution in [0.15, 0.2) is 47.5 Å². The van der Waals surface area contributed by atoms with Gasteiger partial charge >= 0.3 is 0 Å². The summed E-state index contributed by atoms with van der Waals surface area (Å²) in [5.41, 5.74) is 2.56. The summed E-state index contributed by atoms with van der Waals surface area (Å²) in [7, 11) is 3.87. The number of para-hydroxylation sites is 2. The van der Waals surface area contributed by atoms with E-state index >= 15 is 0 Å². The summed E-state index contributed by atoms with van der Waals surface area (Å²) < 4.78 is 14.0. The lowest BCUT2D eigenvalue weighted by Gasteiger charge is -2.37. The van der Waals surface area contributed by atoms with Crippen molar-refractivity contribution in [2.24, 2.45) is 4.99 Å². The van der Waals surface area contributed by atoms with Gasteiger partial charge in [-0.25, -0.2) is 9.38 Å². The molecule has 0 atom stereocenters. The lowest BCUT2D eigenvalue weighted by Crippen LogP contribution is -2.52. The number of halogens is 2. The highest BCUT2D eigenvalue weighted by molar-refractivity contribution is 14.0. The molecule has 0 aromatic heterocycles. The molecule has 0 spiro atoms. The summed E-state index contributed by atoms with van der Waals surface area (Å²) in [4.78, 5) is 11.2. The van der Waals surface area contributed by atoms with Gasteiger partial charge < -0.3 is 25.1 Å². The molecule has 1 fully saturated rings. The van der Waals surface area contributed by atoms with Crippen molar-refractivity contribution in [1.29, 1.82) is 0 Å². The number of phenols is 1. The zero-order valence-electron chi connectivity index (χ0n) is 18.5. The summed E-state index contributed by atoms with van der Waals surface area (Å²) in [5.74, 6) is 1.01. The van der Waals surface area contributed by atoms with E-state index in [-0.39, 0.29) is 29.8 Å². The Hall–Kier alpha value is -2.07. The van der Waals surface area contributed by atoms with E-state index in [9.17, 15) is 9.50 Å². The first kappa shape index (κ1) is 25.2. The van der Waals surface area contributed by atoms with Gasteiger partial charge in [-0.05, 0) is 50.8 Å². The Kier molecular flexibility index (Phi) is 9.83. The molecule has 6 nitrogen and oxygen atoms in total. The van der Waals surface area contributed by atoms with Crippen molar-refractivity contribution in [1.82, 2.24) is 15.1 Å². The molecule has 8 heteroatoms. The Labute approximate surface area is 201 Å². The molecule has 0 bridgehead atoms. The molecule has 1 aliphatic rings. The van der Waals surface area contributed by atoms with Gasteiger partial charge in [-0.15, -0.1) is 24.0 Å². The standard InChI is InChI=1S/C23H32FN5O.HI/c1-4-25-23(26-16-18-9-10-20(24)19(15-18)17-27(2)3)29-13-11-28(12-14-29)21-7-5-6-8-22(21)30;/h5-10,15,30H,4,11-14,16-17H2,1-3H3,(H,25,26);1H. The summed E-state index contributed by atoms with van der Waals surface area (Å²) in [6.07, 6.45) is 0. The summed E-state index contributed by atoms with van der Waals surface area (Å²) in [5, 5.41) is 13.5. The predicted octanol–water partition coefficient (Wildman–Crippen LogP) is 3.50. The molecule has 1 aliphatic heterocycles. The third-order valence-corrected chi connectivity index (χ3v) is 5.14. The van der Waals surface area contributed by atoms with Gasteiger partial charge in [0.15, 0.2) is 5.96 Å². The average Bonchev–Trinajstić information content (AvgIpc) is 2.73. The van der Waals surface area contributed by atoms with Gasteiger partial charge in [-0.1, -0.05) is 18.2 Å². The molecule has 2 N–H and O–H groups in total. The molecular formula is C23H33FIN5O. The minimum absolute atomic E-state index is 0. The van der Waals surface area contributed by atoms with Crippen LogP contribution >= 0.6 is 24.0 Å². The smallest absolute Gasteiger partial charge is 0.194 e. The first-order valence-electron chi connectivity index (χ1n) is 10.5. The van der Waals surface area contributed by atoms with Crippen LogP contribution in [0.4, 0.5) is 10.1 Å². The Morgan fingerprint density at radius 2 is 1.84 bits per heavy atom. The zero-order chi connectivity index (χ0) is 21.5. The van der Waals surface area contributed by atoms with Crippen LogP contribution in [-0.2, 0) is 13.1 Å². The number of phenolic OH excluding ortho intramolecular Hbond substituents is 1. The largest absolute Gasteiger partial charge is 0.506 e. The highest BCUT2D eigenvalue weighted by Gasteiger charge is 2.21. The molecule has 0 radical (unpaired) electrons. The molecule has 31 heavy (non-hydrogen) atoms. The van der Waals surface area contributed by atoms with Gasteiger partial charge in [0.05, 0.1) is 12.2 Å². The first-order valence-corrected chi connectivity index (χ1v) is 10.5. The monoisotopic (exact) mass is 541 g/mol. The van der Waals surface area contributed by atoms with E-state index in [1.54, 1.807) is 12.1 Å². The second kappa shape index (κ2) is 12.1. The number of nitrogens with zero attached hydrogens (tertiary/aromatic N) is 4. The van der Waals surface area contributed by atoms with Crippen molar-refractivity contribution in [3.8, 4) is 5.75 Å². The molecule has 0 unspecified atom stereocenters. The SMILES string of the molecule is CCNC(=NCc1ccc(F)c(CN(C)C)c1)N1CCN(c2ccccc2O)CC1.I. The quantitative estimate of drug-likeness (QED) is 0.333. The van der Waals surface area contributed by atoms with Crippen molar-refractivity contribution >= 4 is 35.6 Å². The molecule has 1 heterocycles. The van der Waals surface area contributed by atoms with Crippen molar-refractivity contribution in [2.75, 3.05) is 51.7 Å². The molecule has 1 saturated heterocycles. The molecule has 170 valence electrons. The molecule has 2 aromatic rings. The van der Waals surface area contributed by atoms with E-state index in [0.29, 0.717) is 24.4 Å². The van der Waals surface area contributed by atoms with Crippen LogP contribution in [0.2, 0.25) is 0 Å². The number of anilines is 1. The topological polar surface area (TPSA) is 54.3 Å². The number of hydrogen-bond donors (Lipinski definition) is 2. The van der Waals surface area contributed by atoms with Crippen LogP contribution in [0, 0.1) is 5.82 Å². The van der Waals surface area contributed by atoms with Crippen LogP contribution in [0.25, 0.3) is 0 Å². The highest BCUT2D eigenvalue weighted by Crippen LogP contribution is 2.27. The fourth-order valence-electron chi connectivity index (χ4n) is 3.67. The Bertz CT molecular complexity index is 869. The Morgan fingerprint density at radius 1 is 1.13 bits per heavy atom. The normalized spacial score (nSPS) is 14.5. The van der Waals surface area contributed by atoms with Gasteiger partial charge in [0, 0.05) is 44.8 Å². The second-order valence-corrected chi connectivity index (χ2v) is 7.80. The van der Waals surface area contributed by atoms with Gasteiger partial charge in [-0.3, -0.25) is 0 Å². The first-order chi connectivity index (χ1) is 14.5. The number of aliphatic imine (C=N–C) groups is 1. The van der Waals surface area contributed by atoms with E-state index in [4.69, 9.17) is 4.99 Å².